The molecule has 49 heavy (non-hydrogen) atoms. The number of fused-ring (bicyclic) bond motifs is 7. The average molecular weight is 724 g/mol. The quantitative estimate of drug-likeness (QED) is 0.0991. The Bertz CT molecular complexity index is 2210. The van der Waals surface area contributed by atoms with Gasteiger partial charge in [-0.25, -0.2) is 9.97 Å². The van der Waals surface area contributed by atoms with E-state index in [4.69, 9.17) is 9.97 Å². The molecule has 0 unspecified atom stereocenters. The van der Waals surface area contributed by atoms with Crippen molar-refractivity contribution in [2.24, 2.45) is 0 Å². The number of pyridine rings is 6. The topological polar surface area (TPSA) is 103 Å². The largest absolute Gasteiger partial charge is 2.00 e. The fourth-order valence-corrected chi connectivity index (χ4v) is 5.31. The molecule has 0 saturated carbocycles. The zero-order valence-corrected chi connectivity index (χ0v) is 28.5. The van der Waals surface area contributed by atoms with Crippen molar-refractivity contribution in [1.82, 2.24) is 39.9 Å². The van der Waals surface area contributed by atoms with Gasteiger partial charge in [-0.2, -0.15) is 0 Å². The van der Waals surface area contributed by atoms with Gasteiger partial charge in [-0.15, -0.1) is 0 Å². The first-order valence-corrected chi connectivity index (χ1v) is 15.5. The Morgan fingerprint density at radius 2 is 0.673 bits per heavy atom. The van der Waals surface area contributed by atoms with E-state index in [2.05, 4.69) is 55.9 Å². The number of hydrogen-bond donors (Lipinski definition) is 0. The number of aryl methyl sites for hydroxylation is 2. The van der Waals surface area contributed by atoms with Gasteiger partial charge in [0.15, 0.2) is 0 Å². The zero-order valence-electron chi connectivity index (χ0n) is 26.8. The second-order valence-corrected chi connectivity index (χ2v) is 11.0. The zero-order chi connectivity index (χ0) is 32.7. The van der Waals surface area contributed by atoms with Gasteiger partial charge in [0.2, 0.25) is 0 Å². The van der Waals surface area contributed by atoms with Gasteiger partial charge in [0.05, 0.1) is 55.9 Å². The van der Waals surface area contributed by atoms with E-state index in [-0.39, 0.29) is 19.5 Å². The molecular weight excluding hydrogens is 694 g/mol. The third-order valence-electron chi connectivity index (χ3n) is 7.81. The van der Waals surface area contributed by atoms with Crippen LogP contribution in [0.1, 0.15) is 11.1 Å². The van der Waals surface area contributed by atoms with E-state index < -0.39 is 0 Å². The van der Waals surface area contributed by atoms with Crippen LogP contribution in [0.4, 0.5) is 0 Å². The number of nitrogens with zero attached hydrogens (tertiary/aromatic N) is 8. The predicted octanol–water partition coefficient (Wildman–Crippen LogP) is 8.78. The third kappa shape index (κ3) is 7.32. The maximum Gasteiger partial charge on any atom is 2.00 e. The summed E-state index contributed by atoms with van der Waals surface area (Å²) in [7, 11) is 0. The first kappa shape index (κ1) is 33.0. The summed E-state index contributed by atoms with van der Waals surface area (Å²) in [4.78, 5) is 35.7. The van der Waals surface area contributed by atoms with Gasteiger partial charge in [0, 0.05) is 48.0 Å². The fourth-order valence-electron chi connectivity index (χ4n) is 5.31. The molecule has 7 aromatic heterocycles. The third-order valence-corrected chi connectivity index (χ3v) is 7.81. The summed E-state index contributed by atoms with van der Waals surface area (Å²) in [5, 5.41) is 1.98. The molecule has 0 aliphatic heterocycles. The van der Waals surface area contributed by atoms with Crippen LogP contribution in [0.15, 0.2) is 146 Å². The summed E-state index contributed by atoms with van der Waals surface area (Å²) in [5.74, 6) is 0. The van der Waals surface area contributed by atoms with Crippen LogP contribution in [0, 0.1) is 13.8 Å². The van der Waals surface area contributed by atoms with E-state index >= 15 is 0 Å². The van der Waals surface area contributed by atoms with Crippen molar-refractivity contribution in [3.63, 3.8) is 0 Å². The summed E-state index contributed by atoms with van der Waals surface area (Å²) in [5.41, 5.74) is 11.5. The van der Waals surface area contributed by atoms with Crippen molar-refractivity contribution in [1.29, 1.82) is 0 Å². The van der Waals surface area contributed by atoms with Gasteiger partial charge in [0.1, 0.15) is 0 Å². The molecule has 9 rings (SSSR count). The minimum absolute atomic E-state index is 0. The van der Waals surface area contributed by atoms with Gasteiger partial charge < -0.3 is 0 Å². The molecular formula is C40H30N8Ru+2. The van der Waals surface area contributed by atoms with E-state index in [1.165, 1.54) is 11.1 Å². The molecule has 9 heteroatoms. The van der Waals surface area contributed by atoms with Crippen LogP contribution in [0.3, 0.4) is 0 Å². The van der Waals surface area contributed by atoms with E-state index in [1.807, 2.05) is 97.1 Å². The molecule has 7 heterocycles. The summed E-state index contributed by atoms with van der Waals surface area (Å²) >= 11 is 0. The Morgan fingerprint density at radius 1 is 0.347 bits per heavy atom. The molecule has 0 aliphatic carbocycles. The second kappa shape index (κ2) is 15.3. The normalized spacial score (nSPS) is 10.5. The monoisotopic (exact) mass is 724 g/mol. The first-order chi connectivity index (χ1) is 23.7. The summed E-state index contributed by atoms with van der Waals surface area (Å²) < 4.78 is 0. The molecule has 8 nitrogen and oxygen atoms in total. The maximum absolute atomic E-state index is 4.93. The van der Waals surface area contributed by atoms with Gasteiger partial charge in [0.25, 0.3) is 0 Å². The Kier molecular flexibility index (Phi) is 10.3. The van der Waals surface area contributed by atoms with Crippen LogP contribution in [-0.2, 0) is 19.5 Å². The van der Waals surface area contributed by atoms with Crippen LogP contribution in [-0.4, -0.2) is 39.9 Å². The van der Waals surface area contributed by atoms with Gasteiger partial charge >= 0.3 is 19.5 Å². The maximum atomic E-state index is 4.93. The summed E-state index contributed by atoms with van der Waals surface area (Å²) in [6.07, 6.45) is 10.7. The smallest absolute Gasteiger partial charge is 0.255 e. The molecule has 0 saturated heterocycles. The molecule has 0 radical (unpaired) electrons. The van der Waals surface area contributed by atoms with E-state index in [9.17, 15) is 0 Å². The number of hydrogen-bond acceptors (Lipinski definition) is 8. The predicted molar refractivity (Wildman–Crippen MR) is 192 cm³/mol. The molecule has 0 aliphatic rings. The van der Waals surface area contributed by atoms with Crippen molar-refractivity contribution in [2.45, 2.75) is 13.8 Å². The Balaban J connectivity index is 0.000000141. The standard InChI is InChI=1S/C20H14N4.2C10H8N2.Ru/c1-11-9-15-16(10-12(11)2)24-20-14-6-4-8-22-18(14)17-13(19(20)23-15)5-3-7-21-17;2*1-3-7-11-9(5-1)10-6-2-4-8-12-10;/h3-10H,1-2H3;2*1-8H;/q;;;+2. The minimum Gasteiger partial charge on any atom is -0.255 e. The van der Waals surface area contributed by atoms with Crippen LogP contribution >= 0.6 is 0 Å². The van der Waals surface area contributed by atoms with Crippen molar-refractivity contribution in [2.75, 3.05) is 0 Å². The van der Waals surface area contributed by atoms with Crippen molar-refractivity contribution < 1.29 is 19.5 Å². The number of rotatable bonds is 2. The minimum atomic E-state index is 0. The van der Waals surface area contributed by atoms with Crippen LogP contribution in [0.2, 0.25) is 0 Å². The van der Waals surface area contributed by atoms with E-state index in [1.54, 1.807) is 37.2 Å². The van der Waals surface area contributed by atoms with Gasteiger partial charge in [-0.05, 0) is 110 Å². The van der Waals surface area contributed by atoms with Crippen molar-refractivity contribution >= 4 is 43.9 Å². The van der Waals surface area contributed by atoms with E-state index in [0.29, 0.717) is 0 Å². The van der Waals surface area contributed by atoms with Crippen LogP contribution < -0.4 is 0 Å². The first-order valence-electron chi connectivity index (χ1n) is 15.5. The van der Waals surface area contributed by atoms with Crippen molar-refractivity contribution in [3.8, 4) is 22.8 Å². The molecule has 236 valence electrons. The SMILES string of the molecule is Cc1cc2nc3c4cccnc4c4ncccc4c3nc2cc1C.[Ru+2].c1ccc(-c2ccccn2)nc1.c1ccc(-c2ccccn2)nc1. The molecule has 0 atom stereocenters. The molecule has 0 fully saturated rings. The second-order valence-electron chi connectivity index (χ2n) is 11.0. The van der Waals surface area contributed by atoms with Crippen LogP contribution in [0.25, 0.3) is 66.6 Å². The molecule has 0 bridgehead atoms. The van der Waals surface area contributed by atoms with Gasteiger partial charge in [-0.3, -0.25) is 29.9 Å². The molecule has 0 amide bonds. The Hall–Kier alpha value is -5.92. The molecule has 0 spiro atoms. The average Bonchev–Trinajstić information content (AvgIpc) is 3.17. The fraction of sp³-hybridized carbons (Fsp3) is 0.0500. The Morgan fingerprint density at radius 3 is 0.980 bits per heavy atom. The molecule has 2 aromatic carbocycles. The number of benzene rings is 2. The molecule has 9 aromatic rings. The van der Waals surface area contributed by atoms with Crippen molar-refractivity contribution in [3.05, 3.63) is 158 Å². The Labute approximate surface area is 296 Å². The number of aromatic nitrogens is 8. The van der Waals surface area contributed by atoms with Gasteiger partial charge in [-0.1, -0.05) is 24.3 Å². The summed E-state index contributed by atoms with van der Waals surface area (Å²) in [6, 6.07) is 35.3. The molecule has 0 N–H and O–H groups in total. The van der Waals surface area contributed by atoms with E-state index in [0.717, 1.165) is 66.6 Å². The summed E-state index contributed by atoms with van der Waals surface area (Å²) in [6.45, 7) is 4.20. The van der Waals surface area contributed by atoms with Crippen LogP contribution in [0.5, 0.6) is 0 Å².